The Labute approximate surface area is 114 Å². The van der Waals surface area contributed by atoms with Gasteiger partial charge in [-0.3, -0.25) is 0 Å². The molecule has 0 aliphatic carbocycles. The van der Waals surface area contributed by atoms with Crippen LogP contribution < -0.4 is 10.5 Å². The van der Waals surface area contributed by atoms with Crippen LogP contribution in [-0.2, 0) is 6.61 Å². The smallest absolute Gasteiger partial charge is 0.165 e. The van der Waals surface area contributed by atoms with Crippen molar-refractivity contribution < 1.29 is 4.74 Å². The van der Waals surface area contributed by atoms with Gasteiger partial charge >= 0.3 is 0 Å². The van der Waals surface area contributed by atoms with Crippen molar-refractivity contribution in [1.82, 2.24) is 14.8 Å². The summed E-state index contributed by atoms with van der Waals surface area (Å²) in [7, 11) is 0. The van der Waals surface area contributed by atoms with E-state index < -0.39 is 0 Å². The summed E-state index contributed by atoms with van der Waals surface area (Å²) < 4.78 is 8.41. The molecule has 0 saturated carbocycles. The summed E-state index contributed by atoms with van der Waals surface area (Å²) >= 11 is 3.35. The van der Waals surface area contributed by atoms with Crippen molar-refractivity contribution in [2.75, 3.05) is 5.73 Å². The molecule has 2 rings (SSSR count). The molecule has 0 saturated heterocycles. The standard InChI is InChI=1S/C12H15BrN4O/c1-8(2)17-12(15-7-16-17)6-18-11-4-3-9(13)5-10(11)14/h3-5,7-8H,6,14H2,1-2H3. The van der Waals surface area contributed by atoms with Crippen LogP contribution in [0.2, 0.25) is 0 Å². The summed E-state index contributed by atoms with van der Waals surface area (Å²) in [6.45, 7) is 4.45. The maximum Gasteiger partial charge on any atom is 0.165 e. The fourth-order valence-electron chi connectivity index (χ4n) is 1.60. The van der Waals surface area contributed by atoms with Crippen LogP contribution in [0, 0.1) is 0 Å². The van der Waals surface area contributed by atoms with Gasteiger partial charge in [-0.15, -0.1) is 0 Å². The Morgan fingerprint density at radius 1 is 1.44 bits per heavy atom. The third-order valence-corrected chi connectivity index (χ3v) is 2.96. The number of anilines is 1. The van der Waals surface area contributed by atoms with Gasteiger partial charge in [0.25, 0.3) is 0 Å². The zero-order valence-corrected chi connectivity index (χ0v) is 11.9. The van der Waals surface area contributed by atoms with Gasteiger partial charge in [-0.25, -0.2) is 9.67 Å². The first-order chi connectivity index (χ1) is 8.58. The molecule has 0 radical (unpaired) electrons. The van der Waals surface area contributed by atoms with E-state index in [2.05, 4.69) is 26.0 Å². The van der Waals surface area contributed by atoms with Crippen molar-refractivity contribution in [1.29, 1.82) is 0 Å². The molecule has 18 heavy (non-hydrogen) atoms. The monoisotopic (exact) mass is 310 g/mol. The Balaban J connectivity index is 2.09. The zero-order valence-electron chi connectivity index (χ0n) is 10.3. The fourth-order valence-corrected chi connectivity index (χ4v) is 1.98. The predicted octanol–water partition coefficient (Wildman–Crippen LogP) is 2.78. The molecule has 0 fully saturated rings. The SMILES string of the molecule is CC(C)n1ncnc1COc1ccc(Br)cc1N. The Bertz CT molecular complexity index is 539. The van der Waals surface area contributed by atoms with Gasteiger partial charge in [-0.05, 0) is 32.0 Å². The van der Waals surface area contributed by atoms with E-state index in [9.17, 15) is 0 Å². The summed E-state index contributed by atoms with van der Waals surface area (Å²) in [4.78, 5) is 4.18. The summed E-state index contributed by atoms with van der Waals surface area (Å²) in [6.07, 6.45) is 1.53. The molecule has 0 aliphatic rings. The number of benzene rings is 1. The van der Waals surface area contributed by atoms with Crippen molar-refractivity contribution in [2.45, 2.75) is 26.5 Å². The van der Waals surface area contributed by atoms with Crippen molar-refractivity contribution in [3.8, 4) is 5.75 Å². The van der Waals surface area contributed by atoms with Crippen molar-refractivity contribution in [2.24, 2.45) is 0 Å². The highest BCUT2D eigenvalue weighted by molar-refractivity contribution is 9.10. The van der Waals surface area contributed by atoms with Crippen LogP contribution in [0.1, 0.15) is 25.7 Å². The number of halogens is 1. The van der Waals surface area contributed by atoms with E-state index in [-0.39, 0.29) is 6.04 Å². The van der Waals surface area contributed by atoms with Gasteiger partial charge in [-0.1, -0.05) is 15.9 Å². The lowest BCUT2D eigenvalue weighted by Gasteiger charge is -2.11. The van der Waals surface area contributed by atoms with Crippen LogP contribution in [0.15, 0.2) is 29.0 Å². The first-order valence-corrected chi connectivity index (χ1v) is 6.43. The van der Waals surface area contributed by atoms with Gasteiger partial charge in [0.1, 0.15) is 18.7 Å². The molecule has 1 aromatic heterocycles. The van der Waals surface area contributed by atoms with Crippen molar-refractivity contribution in [3.05, 3.63) is 34.8 Å². The van der Waals surface area contributed by atoms with E-state index in [0.717, 1.165) is 10.3 Å². The van der Waals surface area contributed by atoms with E-state index in [4.69, 9.17) is 10.5 Å². The highest BCUT2D eigenvalue weighted by Crippen LogP contribution is 2.25. The minimum Gasteiger partial charge on any atom is -0.483 e. The molecular weight excluding hydrogens is 296 g/mol. The predicted molar refractivity (Wildman–Crippen MR) is 73.3 cm³/mol. The molecular formula is C12H15BrN4O. The molecule has 5 nitrogen and oxygen atoms in total. The summed E-state index contributed by atoms with van der Waals surface area (Å²) in [6, 6.07) is 5.78. The van der Waals surface area contributed by atoms with Crippen LogP contribution in [0.4, 0.5) is 5.69 Å². The molecule has 1 heterocycles. The van der Waals surface area contributed by atoms with E-state index >= 15 is 0 Å². The van der Waals surface area contributed by atoms with Gasteiger partial charge in [-0.2, -0.15) is 5.10 Å². The number of nitrogens with two attached hydrogens (primary N) is 1. The largest absolute Gasteiger partial charge is 0.483 e. The summed E-state index contributed by atoms with van der Waals surface area (Å²) in [5.41, 5.74) is 6.46. The minimum atomic E-state index is 0.258. The molecule has 0 unspecified atom stereocenters. The molecule has 0 spiro atoms. The topological polar surface area (TPSA) is 66.0 Å². The number of nitrogen functional groups attached to an aromatic ring is 1. The second-order valence-electron chi connectivity index (χ2n) is 4.19. The van der Waals surface area contributed by atoms with Gasteiger partial charge < -0.3 is 10.5 Å². The summed E-state index contributed by atoms with van der Waals surface area (Å²) in [5.74, 6) is 1.43. The van der Waals surface area contributed by atoms with Gasteiger partial charge in [0.15, 0.2) is 5.82 Å². The molecule has 1 aromatic carbocycles. The zero-order chi connectivity index (χ0) is 13.1. The number of hydrogen-bond acceptors (Lipinski definition) is 4. The Morgan fingerprint density at radius 2 is 2.22 bits per heavy atom. The first-order valence-electron chi connectivity index (χ1n) is 5.64. The fraction of sp³-hybridized carbons (Fsp3) is 0.333. The molecule has 2 N–H and O–H groups in total. The number of rotatable bonds is 4. The van der Waals surface area contributed by atoms with Gasteiger partial charge in [0.05, 0.1) is 5.69 Å². The number of ether oxygens (including phenoxy) is 1. The maximum absolute atomic E-state index is 5.86. The average molecular weight is 311 g/mol. The van der Waals surface area contributed by atoms with Crippen LogP contribution in [0.25, 0.3) is 0 Å². The van der Waals surface area contributed by atoms with Crippen molar-refractivity contribution >= 4 is 21.6 Å². The van der Waals surface area contributed by atoms with Gasteiger partial charge in [0.2, 0.25) is 0 Å². The Morgan fingerprint density at radius 3 is 2.89 bits per heavy atom. The van der Waals surface area contributed by atoms with Crippen LogP contribution in [-0.4, -0.2) is 14.8 Å². The number of hydrogen-bond donors (Lipinski definition) is 1. The summed E-state index contributed by atoms with van der Waals surface area (Å²) in [5, 5.41) is 4.15. The second-order valence-corrected chi connectivity index (χ2v) is 5.10. The third kappa shape index (κ3) is 2.81. The van der Waals surface area contributed by atoms with E-state index in [1.807, 2.05) is 36.7 Å². The highest BCUT2D eigenvalue weighted by atomic mass is 79.9. The van der Waals surface area contributed by atoms with E-state index in [0.29, 0.717) is 18.0 Å². The Hall–Kier alpha value is -1.56. The second kappa shape index (κ2) is 5.39. The minimum absolute atomic E-state index is 0.258. The molecule has 0 bridgehead atoms. The highest BCUT2D eigenvalue weighted by Gasteiger charge is 2.09. The quantitative estimate of drug-likeness (QED) is 0.882. The van der Waals surface area contributed by atoms with Crippen LogP contribution >= 0.6 is 15.9 Å². The van der Waals surface area contributed by atoms with Gasteiger partial charge in [0, 0.05) is 10.5 Å². The first kappa shape index (κ1) is 12.9. The normalized spacial score (nSPS) is 10.9. The lowest BCUT2D eigenvalue weighted by molar-refractivity contribution is 0.284. The molecule has 0 amide bonds. The number of aromatic nitrogens is 3. The van der Waals surface area contributed by atoms with E-state index in [1.165, 1.54) is 6.33 Å². The number of nitrogens with zero attached hydrogens (tertiary/aromatic N) is 3. The van der Waals surface area contributed by atoms with Crippen LogP contribution in [0.3, 0.4) is 0 Å². The Kier molecular flexibility index (Phi) is 3.86. The molecule has 2 aromatic rings. The lowest BCUT2D eigenvalue weighted by Crippen LogP contribution is -2.11. The third-order valence-electron chi connectivity index (χ3n) is 2.46. The molecule has 96 valence electrons. The molecule has 6 heteroatoms. The lowest BCUT2D eigenvalue weighted by atomic mass is 10.3. The molecule has 0 atom stereocenters. The molecule has 0 aliphatic heterocycles. The van der Waals surface area contributed by atoms with E-state index in [1.54, 1.807) is 0 Å². The maximum atomic E-state index is 5.86. The van der Waals surface area contributed by atoms with Crippen molar-refractivity contribution in [3.63, 3.8) is 0 Å². The van der Waals surface area contributed by atoms with Crippen LogP contribution in [0.5, 0.6) is 5.75 Å². The average Bonchev–Trinajstić information content (AvgIpc) is 2.76.